The van der Waals surface area contributed by atoms with E-state index >= 15 is 0 Å². The zero-order chi connectivity index (χ0) is 17.0. The Morgan fingerprint density at radius 1 is 1.42 bits per heavy atom. The molecule has 1 aliphatic rings. The highest BCUT2D eigenvalue weighted by Crippen LogP contribution is 2.30. The minimum Gasteiger partial charge on any atom is -0.494 e. The Morgan fingerprint density at radius 3 is 2.88 bits per heavy atom. The molecule has 0 bridgehead atoms. The standard InChI is InChI=1S/C17H22N4O3/c1-2-24-14-6-3-13(4-7-14)5-8-16(22)21-10-9-17(23,12-21)15-11-18-20-19-15/h3-4,6-7,11,23H,2,5,8-10,12H2,1H3,(H,18,19,20). The summed E-state index contributed by atoms with van der Waals surface area (Å²) in [6.07, 6.45) is 3.08. The number of nitrogens with one attached hydrogen (secondary N) is 1. The van der Waals surface area contributed by atoms with Gasteiger partial charge in [-0.25, -0.2) is 0 Å². The van der Waals surface area contributed by atoms with Crippen molar-refractivity contribution < 1.29 is 14.6 Å². The minimum atomic E-state index is -1.10. The van der Waals surface area contributed by atoms with Gasteiger partial charge in [0.15, 0.2) is 0 Å². The molecule has 7 nitrogen and oxygen atoms in total. The van der Waals surface area contributed by atoms with Crippen LogP contribution in [0.1, 0.15) is 31.0 Å². The van der Waals surface area contributed by atoms with E-state index in [9.17, 15) is 9.90 Å². The van der Waals surface area contributed by atoms with E-state index in [0.29, 0.717) is 38.1 Å². The molecule has 2 heterocycles. The Labute approximate surface area is 140 Å². The van der Waals surface area contributed by atoms with E-state index in [1.165, 1.54) is 6.20 Å². The lowest BCUT2D eigenvalue weighted by molar-refractivity contribution is -0.131. The van der Waals surface area contributed by atoms with Crippen LogP contribution in [-0.2, 0) is 16.8 Å². The number of hydrogen-bond acceptors (Lipinski definition) is 5. The second-order valence-corrected chi connectivity index (χ2v) is 6.03. The second-order valence-electron chi connectivity index (χ2n) is 6.03. The molecule has 24 heavy (non-hydrogen) atoms. The molecule has 128 valence electrons. The lowest BCUT2D eigenvalue weighted by Crippen LogP contribution is -2.34. The van der Waals surface area contributed by atoms with Crippen LogP contribution in [0, 0.1) is 0 Å². The molecule has 1 aromatic heterocycles. The van der Waals surface area contributed by atoms with Crippen molar-refractivity contribution in [2.24, 2.45) is 0 Å². The summed E-state index contributed by atoms with van der Waals surface area (Å²) in [4.78, 5) is 14.1. The molecule has 0 aliphatic carbocycles. The zero-order valence-corrected chi connectivity index (χ0v) is 13.7. The Balaban J connectivity index is 1.52. The molecule has 1 fully saturated rings. The van der Waals surface area contributed by atoms with Crippen LogP contribution in [0.5, 0.6) is 5.75 Å². The van der Waals surface area contributed by atoms with Gasteiger partial charge in [0.25, 0.3) is 0 Å². The van der Waals surface area contributed by atoms with Gasteiger partial charge in [0.05, 0.1) is 19.3 Å². The van der Waals surface area contributed by atoms with E-state index in [4.69, 9.17) is 4.74 Å². The van der Waals surface area contributed by atoms with E-state index in [1.54, 1.807) is 4.90 Å². The molecule has 1 atom stereocenters. The predicted molar refractivity (Wildman–Crippen MR) is 87.4 cm³/mol. The predicted octanol–water partition coefficient (Wildman–Crippen LogP) is 1.26. The third-order valence-corrected chi connectivity index (χ3v) is 4.35. The quantitative estimate of drug-likeness (QED) is 0.832. The molecule has 0 spiro atoms. The number of ether oxygens (including phenoxy) is 1. The van der Waals surface area contributed by atoms with Crippen molar-refractivity contribution in [2.75, 3.05) is 19.7 Å². The van der Waals surface area contributed by atoms with Gasteiger partial charge in [-0.15, -0.1) is 0 Å². The first-order valence-corrected chi connectivity index (χ1v) is 8.19. The summed E-state index contributed by atoms with van der Waals surface area (Å²) in [7, 11) is 0. The minimum absolute atomic E-state index is 0.0447. The number of carbonyl (C=O) groups excluding carboxylic acids is 1. The van der Waals surface area contributed by atoms with Crippen molar-refractivity contribution in [1.29, 1.82) is 0 Å². The molecule has 3 rings (SSSR count). The number of carbonyl (C=O) groups is 1. The Hall–Kier alpha value is -2.41. The molecule has 1 aliphatic heterocycles. The van der Waals surface area contributed by atoms with Crippen molar-refractivity contribution in [3.8, 4) is 5.75 Å². The number of hydrogen-bond donors (Lipinski definition) is 2. The monoisotopic (exact) mass is 330 g/mol. The van der Waals surface area contributed by atoms with Gasteiger partial charge < -0.3 is 14.7 Å². The van der Waals surface area contributed by atoms with Crippen molar-refractivity contribution >= 4 is 5.91 Å². The Kier molecular flexibility index (Phi) is 4.80. The zero-order valence-electron chi connectivity index (χ0n) is 13.7. The number of benzene rings is 1. The van der Waals surface area contributed by atoms with Crippen LogP contribution >= 0.6 is 0 Å². The van der Waals surface area contributed by atoms with Crippen molar-refractivity contribution in [1.82, 2.24) is 20.3 Å². The number of β-amino-alcohol motifs (C(OH)–C–C–N with tert-alkyl or cyclic N) is 1. The average molecular weight is 330 g/mol. The summed E-state index contributed by atoms with van der Waals surface area (Å²) >= 11 is 0. The number of aryl methyl sites for hydroxylation is 1. The lowest BCUT2D eigenvalue weighted by Gasteiger charge is -2.21. The number of aromatic amines is 1. The van der Waals surface area contributed by atoms with E-state index < -0.39 is 5.60 Å². The SMILES string of the molecule is CCOc1ccc(CCC(=O)N2CCC(O)(c3cn[nH]n3)C2)cc1. The van der Waals surface area contributed by atoms with Gasteiger partial charge in [-0.1, -0.05) is 12.1 Å². The molecule has 1 unspecified atom stereocenters. The number of aliphatic hydroxyl groups is 1. The summed E-state index contributed by atoms with van der Waals surface area (Å²) in [6, 6.07) is 7.80. The number of nitrogens with zero attached hydrogens (tertiary/aromatic N) is 3. The first kappa shape index (κ1) is 16.4. The maximum atomic E-state index is 12.4. The van der Waals surface area contributed by atoms with Crippen LogP contribution in [0.2, 0.25) is 0 Å². The summed E-state index contributed by atoms with van der Waals surface area (Å²) < 4.78 is 5.41. The first-order chi connectivity index (χ1) is 11.6. The van der Waals surface area contributed by atoms with Crippen LogP contribution in [0.15, 0.2) is 30.5 Å². The third kappa shape index (κ3) is 3.56. The van der Waals surface area contributed by atoms with Crippen LogP contribution < -0.4 is 4.74 Å². The van der Waals surface area contributed by atoms with Crippen molar-refractivity contribution in [2.45, 2.75) is 31.8 Å². The second kappa shape index (κ2) is 7.00. The molecule has 1 saturated heterocycles. The Morgan fingerprint density at radius 2 is 2.21 bits per heavy atom. The van der Waals surface area contributed by atoms with E-state index in [2.05, 4.69) is 15.4 Å². The fourth-order valence-electron chi connectivity index (χ4n) is 2.97. The van der Waals surface area contributed by atoms with Crippen molar-refractivity contribution in [3.63, 3.8) is 0 Å². The smallest absolute Gasteiger partial charge is 0.223 e. The number of aromatic nitrogens is 3. The maximum absolute atomic E-state index is 12.4. The molecule has 1 amide bonds. The summed E-state index contributed by atoms with van der Waals surface area (Å²) in [5, 5.41) is 20.8. The average Bonchev–Trinajstić information content (AvgIpc) is 3.25. The fourth-order valence-corrected chi connectivity index (χ4v) is 2.97. The molecule has 0 radical (unpaired) electrons. The van der Waals surface area contributed by atoms with Gasteiger partial charge in [0.2, 0.25) is 5.91 Å². The van der Waals surface area contributed by atoms with Gasteiger partial charge in [0, 0.05) is 19.4 Å². The Bertz CT molecular complexity index is 672. The van der Waals surface area contributed by atoms with E-state index in [-0.39, 0.29) is 12.5 Å². The highest BCUT2D eigenvalue weighted by molar-refractivity contribution is 5.77. The van der Waals surface area contributed by atoms with Crippen LogP contribution in [0.4, 0.5) is 0 Å². The summed E-state index contributed by atoms with van der Waals surface area (Å²) in [5.74, 6) is 0.883. The van der Waals surface area contributed by atoms with Crippen LogP contribution in [0.3, 0.4) is 0 Å². The summed E-state index contributed by atoms with van der Waals surface area (Å²) in [6.45, 7) is 3.39. The van der Waals surface area contributed by atoms with E-state index in [0.717, 1.165) is 11.3 Å². The van der Waals surface area contributed by atoms with Crippen LogP contribution in [0.25, 0.3) is 0 Å². The number of rotatable bonds is 6. The lowest BCUT2D eigenvalue weighted by atomic mass is 10.00. The van der Waals surface area contributed by atoms with Gasteiger partial charge >= 0.3 is 0 Å². The molecular formula is C17H22N4O3. The van der Waals surface area contributed by atoms with Gasteiger partial charge in [0.1, 0.15) is 17.0 Å². The first-order valence-electron chi connectivity index (χ1n) is 8.19. The highest BCUT2D eigenvalue weighted by atomic mass is 16.5. The molecule has 2 N–H and O–H groups in total. The number of likely N-dealkylation sites (tertiary alicyclic amines) is 1. The molecule has 1 aromatic carbocycles. The van der Waals surface area contributed by atoms with Gasteiger partial charge in [-0.3, -0.25) is 4.79 Å². The molecular weight excluding hydrogens is 308 g/mol. The van der Waals surface area contributed by atoms with Gasteiger partial charge in [-0.05, 0) is 31.0 Å². The molecule has 0 saturated carbocycles. The largest absolute Gasteiger partial charge is 0.494 e. The van der Waals surface area contributed by atoms with Crippen LogP contribution in [-0.4, -0.2) is 51.0 Å². The van der Waals surface area contributed by atoms with Crippen molar-refractivity contribution in [3.05, 3.63) is 41.7 Å². The normalized spacial score (nSPS) is 20.3. The topological polar surface area (TPSA) is 91.3 Å². The number of H-pyrrole nitrogens is 1. The van der Waals surface area contributed by atoms with E-state index in [1.807, 2.05) is 31.2 Å². The molecule has 7 heteroatoms. The maximum Gasteiger partial charge on any atom is 0.223 e. The highest BCUT2D eigenvalue weighted by Gasteiger charge is 2.41. The molecule has 2 aromatic rings. The van der Waals surface area contributed by atoms with Gasteiger partial charge in [-0.2, -0.15) is 15.4 Å². The summed E-state index contributed by atoms with van der Waals surface area (Å²) in [5.41, 5.74) is 0.490. The third-order valence-electron chi connectivity index (χ3n) is 4.35. The number of amides is 1. The fraction of sp³-hybridized carbons (Fsp3) is 0.471.